The summed E-state index contributed by atoms with van der Waals surface area (Å²) in [4.78, 5) is 16.5. The number of benzene rings is 1. The van der Waals surface area contributed by atoms with Crippen molar-refractivity contribution in [3.63, 3.8) is 0 Å². The maximum Gasteiger partial charge on any atom is 0.256 e. The number of nitrogens with zero attached hydrogens (tertiary/aromatic N) is 1. The van der Waals surface area contributed by atoms with E-state index in [1.54, 1.807) is 32.4 Å². The van der Waals surface area contributed by atoms with Gasteiger partial charge in [0.2, 0.25) is 0 Å². The third-order valence-electron chi connectivity index (χ3n) is 2.93. The van der Waals surface area contributed by atoms with Gasteiger partial charge in [0, 0.05) is 11.6 Å². The second kappa shape index (κ2) is 5.63. The Labute approximate surface area is 124 Å². The van der Waals surface area contributed by atoms with Crippen LogP contribution in [0.1, 0.15) is 32.4 Å². The van der Waals surface area contributed by atoms with Crippen molar-refractivity contribution in [2.45, 2.75) is 32.4 Å². The summed E-state index contributed by atoms with van der Waals surface area (Å²) in [5, 5.41) is 5.91. The number of hydrogen-bond acceptors (Lipinski definition) is 5. The number of carbonyl (C=O) groups is 1. The van der Waals surface area contributed by atoms with Gasteiger partial charge in [0.15, 0.2) is 12.0 Å². The number of guanidine groups is 1. The highest BCUT2D eigenvalue weighted by Gasteiger charge is 2.30. The molecule has 1 heterocycles. The Bertz CT molecular complexity index is 554. The monoisotopic (exact) mass is 291 g/mol. The Morgan fingerprint density at radius 1 is 1.14 bits per heavy atom. The molecule has 1 amide bonds. The summed E-state index contributed by atoms with van der Waals surface area (Å²) in [7, 11) is 3.15. The van der Waals surface area contributed by atoms with Crippen molar-refractivity contribution in [3.05, 3.63) is 23.8 Å². The highest BCUT2D eigenvalue weighted by atomic mass is 16.5. The van der Waals surface area contributed by atoms with Gasteiger partial charge < -0.3 is 14.8 Å². The maximum atomic E-state index is 12.1. The van der Waals surface area contributed by atoms with E-state index in [0.717, 1.165) is 5.56 Å². The van der Waals surface area contributed by atoms with Crippen molar-refractivity contribution >= 4 is 11.9 Å². The molecule has 6 heteroatoms. The zero-order valence-electron chi connectivity index (χ0n) is 13.0. The van der Waals surface area contributed by atoms with Crippen LogP contribution in [0.4, 0.5) is 0 Å². The van der Waals surface area contributed by atoms with Crippen molar-refractivity contribution < 1.29 is 14.3 Å². The van der Waals surface area contributed by atoms with Crippen LogP contribution in [0.5, 0.6) is 11.5 Å². The van der Waals surface area contributed by atoms with Crippen LogP contribution in [-0.2, 0) is 4.79 Å². The number of methoxy groups -OCH3 is 2. The zero-order valence-corrected chi connectivity index (χ0v) is 13.0. The average molecular weight is 291 g/mol. The fraction of sp³-hybridized carbons (Fsp3) is 0.467. The van der Waals surface area contributed by atoms with Crippen molar-refractivity contribution in [2.75, 3.05) is 14.2 Å². The molecule has 0 aliphatic carbocycles. The molecule has 0 spiro atoms. The number of ether oxygens (including phenoxy) is 2. The fourth-order valence-electron chi connectivity index (χ4n) is 2.04. The van der Waals surface area contributed by atoms with Gasteiger partial charge in [0.05, 0.1) is 14.2 Å². The summed E-state index contributed by atoms with van der Waals surface area (Å²) in [6.07, 6.45) is 0. The lowest BCUT2D eigenvalue weighted by molar-refractivity contribution is -0.120. The lowest BCUT2D eigenvalue weighted by Crippen LogP contribution is -2.46. The molecule has 0 radical (unpaired) electrons. The van der Waals surface area contributed by atoms with E-state index in [0.29, 0.717) is 17.5 Å². The first-order valence-corrected chi connectivity index (χ1v) is 6.72. The van der Waals surface area contributed by atoms with Gasteiger partial charge in [-0.1, -0.05) is 0 Å². The average Bonchev–Trinajstić information content (AvgIpc) is 2.76. The third-order valence-corrected chi connectivity index (χ3v) is 2.93. The first kappa shape index (κ1) is 15.2. The minimum atomic E-state index is -0.598. The first-order chi connectivity index (χ1) is 9.82. The Morgan fingerprint density at radius 2 is 1.71 bits per heavy atom. The van der Waals surface area contributed by atoms with Crippen LogP contribution in [0.3, 0.4) is 0 Å². The number of aliphatic imine (C=N–C) groups is 1. The lowest BCUT2D eigenvalue weighted by atomic mass is 10.1. The van der Waals surface area contributed by atoms with Crippen LogP contribution in [0.15, 0.2) is 23.2 Å². The van der Waals surface area contributed by atoms with Crippen LogP contribution in [0.2, 0.25) is 0 Å². The highest BCUT2D eigenvalue weighted by Crippen LogP contribution is 2.29. The molecule has 1 unspecified atom stereocenters. The molecule has 1 aromatic carbocycles. The summed E-state index contributed by atoms with van der Waals surface area (Å²) in [6, 6.07) is 4.74. The van der Waals surface area contributed by atoms with E-state index in [2.05, 4.69) is 15.6 Å². The molecule has 1 aromatic rings. The molecule has 6 nitrogen and oxygen atoms in total. The molecule has 0 saturated heterocycles. The zero-order chi connectivity index (χ0) is 15.6. The molecule has 114 valence electrons. The van der Waals surface area contributed by atoms with Crippen molar-refractivity contribution in [3.8, 4) is 11.5 Å². The van der Waals surface area contributed by atoms with Gasteiger partial charge in [-0.25, -0.2) is 4.99 Å². The molecule has 2 rings (SSSR count). The van der Waals surface area contributed by atoms with Gasteiger partial charge in [-0.2, -0.15) is 0 Å². The van der Waals surface area contributed by atoms with Crippen LogP contribution >= 0.6 is 0 Å². The van der Waals surface area contributed by atoms with E-state index in [9.17, 15) is 4.79 Å². The molecular formula is C15H21N3O3. The van der Waals surface area contributed by atoms with E-state index in [4.69, 9.17) is 9.47 Å². The van der Waals surface area contributed by atoms with Gasteiger partial charge >= 0.3 is 0 Å². The Kier molecular flexibility index (Phi) is 4.06. The minimum absolute atomic E-state index is 0.169. The third kappa shape index (κ3) is 3.65. The summed E-state index contributed by atoms with van der Waals surface area (Å²) in [6.45, 7) is 6.01. The largest absolute Gasteiger partial charge is 0.497 e. The number of amides is 1. The van der Waals surface area contributed by atoms with E-state index in [1.165, 1.54) is 0 Å². The topological polar surface area (TPSA) is 72.0 Å². The lowest BCUT2D eigenvalue weighted by Gasteiger charge is -2.21. The molecule has 1 aliphatic heterocycles. The standard InChI is InChI=1S/C15H21N3O3/c1-15(2,3)18-14-16-12(13(19)17-14)9-6-10(20-4)8-11(7-9)21-5/h6-8,12H,1-5H3,(H2,16,17,18,19). The van der Waals surface area contributed by atoms with E-state index in [1.807, 2.05) is 20.8 Å². The molecule has 1 atom stereocenters. The predicted octanol–water partition coefficient (Wildman–Crippen LogP) is 1.62. The summed E-state index contributed by atoms with van der Waals surface area (Å²) in [5.41, 5.74) is 0.557. The normalized spacial score (nSPS) is 18.0. The van der Waals surface area contributed by atoms with Gasteiger partial charge in [-0.3, -0.25) is 10.1 Å². The Hall–Kier alpha value is -2.24. The maximum absolute atomic E-state index is 12.1. The van der Waals surface area contributed by atoms with Gasteiger partial charge in [0.25, 0.3) is 5.91 Å². The fourth-order valence-corrected chi connectivity index (χ4v) is 2.04. The molecule has 0 saturated carbocycles. The van der Waals surface area contributed by atoms with Crippen LogP contribution < -0.4 is 20.1 Å². The molecule has 1 aliphatic rings. The smallest absolute Gasteiger partial charge is 0.256 e. The van der Waals surface area contributed by atoms with Crippen molar-refractivity contribution in [2.24, 2.45) is 4.99 Å². The van der Waals surface area contributed by atoms with Gasteiger partial charge in [0.1, 0.15) is 11.5 Å². The van der Waals surface area contributed by atoms with E-state index >= 15 is 0 Å². The second-order valence-corrected chi connectivity index (χ2v) is 5.89. The number of rotatable bonds is 3. The van der Waals surface area contributed by atoms with Crippen LogP contribution in [-0.4, -0.2) is 31.6 Å². The Balaban J connectivity index is 2.31. The minimum Gasteiger partial charge on any atom is -0.497 e. The van der Waals surface area contributed by atoms with Crippen LogP contribution in [0, 0.1) is 0 Å². The predicted molar refractivity (Wildman–Crippen MR) is 80.8 cm³/mol. The SMILES string of the molecule is COc1cc(OC)cc(C2N=C(NC(C)(C)C)NC2=O)c1. The van der Waals surface area contributed by atoms with Crippen LogP contribution in [0.25, 0.3) is 0 Å². The molecule has 0 bridgehead atoms. The summed E-state index contributed by atoms with van der Waals surface area (Å²) < 4.78 is 10.4. The number of nitrogens with one attached hydrogen (secondary N) is 2. The molecular weight excluding hydrogens is 270 g/mol. The summed E-state index contributed by atoms with van der Waals surface area (Å²) in [5.74, 6) is 1.57. The van der Waals surface area contributed by atoms with Gasteiger partial charge in [-0.05, 0) is 38.5 Å². The van der Waals surface area contributed by atoms with E-state index < -0.39 is 6.04 Å². The quantitative estimate of drug-likeness (QED) is 0.887. The molecule has 21 heavy (non-hydrogen) atoms. The Morgan fingerprint density at radius 3 is 2.19 bits per heavy atom. The molecule has 0 fully saturated rings. The highest BCUT2D eigenvalue weighted by molar-refractivity contribution is 6.05. The second-order valence-electron chi connectivity index (χ2n) is 5.89. The number of carbonyl (C=O) groups excluding carboxylic acids is 1. The number of hydrogen-bond donors (Lipinski definition) is 2. The molecule has 0 aromatic heterocycles. The van der Waals surface area contributed by atoms with Gasteiger partial charge in [-0.15, -0.1) is 0 Å². The van der Waals surface area contributed by atoms with E-state index in [-0.39, 0.29) is 11.4 Å². The van der Waals surface area contributed by atoms with Crippen molar-refractivity contribution in [1.82, 2.24) is 10.6 Å². The first-order valence-electron chi connectivity index (χ1n) is 6.72. The summed E-state index contributed by atoms with van der Waals surface area (Å²) >= 11 is 0. The molecule has 2 N–H and O–H groups in total. The van der Waals surface area contributed by atoms with Crippen molar-refractivity contribution in [1.29, 1.82) is 0 Å².